The third-order valence-corrected chi connectivity index (χ3v) is 2.31. The molecule has 1 N–H and O–H groups in total. The van der Waals surface area contributed by atoms with Crippen LogP contribution in [0.2, 0.25) is 0 Å². The summed E-state index contributed by atoms with van der Waals surface area (Å²) in [6.07, 6.45) is 0.928. The summed E-state index contributed by atoms with van der Waals surface area (Å²) >= 11 is 0. The van der Waals surface area contributed by atoms with Crippen molar-refractivity contribution >= 4 is 17.7 Å². The normalized spacial score (nSPS) is 15.6. The molecular weight excluding hydrogens is 248 g/mol. The van der Waals surface area contributed by atoms with Crippen LogP contribution in [0.25, 0.3) is 0 Å². The highest BCUT2D eigenvalue weighted by atomic mass is 19.2. The highest BCUT2D eigenvalue weighted by molar-refractivity contribution is 6.05. The molecule has 2 rings (SSSR count). The van der Waals surface area contributed by atoms with Gasteiger partial charge in [0.1, 0.15) is 13.1 Å². The van der Waals surface area contributed by atoms with Crippen molar-refractivity contribution in [3.8, 4) is 0 Å². The molecule has 0 unspecified atom stereocenters. The van der Waals surface area contributed by atoms with Gasteiger partial charge in [0, 0.05) is 6.20 Å². The van der Waals surface area contributed by atoms with Gasteiger partial charge in [-0.3, -0.25) is 19.7 Å². The van der Waals surface area contributed by atoms with Gasteiger partial charge in [-0.1, -0.05) is 0 Å². The number of aromatic nitrogens is 1. The van der Waals surface area contributed by atoms with Crippen LogP contribution in [0.4, 0.5) is 8.78 Å². The first-order valence-electron chi connectivity index (χ1n) is 4.91. The van der Waals surface area contributed by atoms with Gasteiger partial charge in [0.05, 0.1) is 5.56 Å². The average molecular weight is 255 g/mol. The predicted molar refractivity (Wildman–Crippen MR) is 53.2 cm³/mol. The lowest BCUT2D eigenvalue weighted by atomic mass is 10.2. The number of carbonyl (C=O) groups excluding carboxylic acids is 3. The van der Waals surface area contributed by atoms with E-state index in [9.17, 15) is 23.2 Å². The standard InChI is InChI=1S/C10H7F2N3O3/c11-8-5(1-2-13-9(8)12)10(18)15-3-6(16)14-7(17)4-15/h1-2H,3-4H2,(H,14,16,17). The molecule has 18 heavy (non-hydrogen) atoms. The van der Waals surface area contributed by atoms with E-state index < -0.39 is 35.0 Å². The molecule has 0 aliphatic carbocycles. The fourth-order valence-electron chi connectivity index (χ4n) is 1.53. The summed E-state index contributed by atoms with van der Waals surface area (Å²) < 4.78 is 26.2. The van der Waals surface area contributed by atoms with Gasteiger partial charge in [-0.15, -0.1) is 0 Å². The molecule has 1 aliphatic rings. The van der Waals surface area contributed by atoms with Crippen molar-refractivity contribution in [2.75, 3.05) is 13.1 Å². The largest absolute Gasteiger partial charge is 0.320 e. The number of hydrogen-bond donors (Lipinski definition) is 1. The maximum atomic E-state index is 13.3. The van der Waals surface area contributed by atoms with Crippen molar-refractivity contribution in [1.82, 2.24) is 15.2 Å². The van der Waals surface area contributed by atoms with Crippen molar-refractivity contribution in [3.63, 3.8) is 0 Å². The van der Waals surface area contributed by atoms with Gasteiger partial charge >= 0.3 is 0 Å². The van der Waals surface area contributed by atoms with Gasteiger partial charge in [-0.25, -0.2) is 9.37 Å². The minimum atomic E-state index is -1.41. The Morgan fingerprint density at radius 3 is 2.50 bits per heavy atom. The molecule has 0 aromatic carbocycles. The lowest BCUT2D eigenvalue weighted by molar-refractivity contribution is -0.135. The molecule has 1 fully saturated rings. The van der Waals surface area contributed by atoms with E-state index in [0.29, 0.717) is 0 Å². The van der Waals surface area contributed by atoms with Crippen LogP contribution in [0, 0.1) is 11.8 Å². The lowest BCUT2D eigenvalue weighted by Crippen LogP contribution is -2.53. The van der Waals surface area contributed by atoms with E-state index in [2.05, 4.69) is 4.98 Å². The highest BCUT2D eigenvalue weighted by Gasteiger charge is 2.29. The molecule has 6 nitrogen and oxygen atoms in total. The first-order valence-corrected chi connectivity index (χ1v) is 4.91. The van der Waals surface area contributed by atoms with Gasteiger partial charge in [0.15, 0.2) is 5.82 Å². The Labute approximate surface area is 99.6 Å². The van der Waals surface area contributed by atoms with Crippen molar-refractivity contribution in [1.29, 1.82) is 0 Å². The zero-order chi connectivity index (χ0) is 13.3. The van der Waals surface area contributed by atoms with Crippen LogP contribution in [-0.2, 0) is 9.59 Å². The van der Waals surface area contributed by atoms with Crippen LogP contribution in [0.3, 0.4) is 0 Å². The first-order chi connectivity index (χ1) is 8.49. The Balaban J connectivity index is 2.28. The summed E-state index contributed by atoms with van der Waals surface area (Å²) in [6, 6.07) is 0.984. The van der Waals surface area contributed by atoms with E-state index in [1.54, 1.807) is 0 Å². The second-order valence-electron chi connectivity index (χ2n) is 3.60. The Kier molecular flexibility index (Phi) is 3.00. The molecule has 8 heteroatoms. The number of carbonyl (C=O) groups is 3. The van der Waals surface area contributed by atoms with Gasteiger partial charge in [-0.05, 0) is 6.07 Å². The van der Waals surface area contributed by atoms with Crippen molar-refractivity contribution in [2.45, 2.75) is 0 Å². The van der Waals surface area contributed by atoms with E-state index in [-0.39, 0.29) is 13.1 Å². The lowest BCUT2D eigenvalue weighted by Gasteiger charge is -2.25. The van der Waals surface area contributed by atoms with E-state index in [1.807, 2.05) is 5.32 Å². The number of nitrogens with zero attached hydrogens (tertiary/aromatic N) is 2. The van der Waals surface area contributed by atoms with E-state index in [0.717, 1.165) is 17.2 Å². The fraction of sp³-hybridized carbons (Fsp3) is 0.200. The van der Waals surface area contributed by atoms with Crippen molar-refractivity contribution in [2.24, 2.45) is 0 Å². The third kappa shape index (κ3) is 2.17. The van der Waals surface area contributed by atoms with Gasteiger partial charge in [0.25, 0.3) is 5.91 Å². The number of rotatable bonds is 1. The Morgan fingerprint density at radius 1 is 1.28 bits per heavy atom. The number of piperazine rings is 1. The molecule has 0 radical (unpaired) electrons. The highest BCUT2D eigenvalue weighted by Crippen LogP contribution is 2.12. The Morgan fingerprint density at radius 2 is 1.89 bits per heavy atom. The third-order valence-electron chi connectivity index (χ3n) is 2.31. The maximum Gasteiger partial charge on any atom is 0.258 e. The van der Waals surface area contributed by atoms with Crippen LogP contribution in [-0.4, -0.2) is 40.7 Å². The molecule has 1 aromatic heterocycles. The topological polar surface area (TPSA) is 79.4 Å². The van der Waals surface area contributed by atoms with Crippen molar-refractivity contribution in [3.05, 3.63) is 29.6 Å². The van der Waals surface area contributed by atoms with E-state index in [4.69, 9.17) is 0 Å². The molecule has 0 atom stereocenters. The Bertz CT molecular complexity index is 531. The van der Waals surface area contributed by atoms with Gasteiger partial charge < -0.3 is 4.90 Å². The molecular formula is C10H7F2N3O3. The molecule has 2 heterocycles. The van der Waals surface area contributed by atoms with Crippen molar-refractivity contribution < 1.29 is 23.2 Å². The van der Waals surface area contributed by atoms with Crippen LogP contribution in [0.1, 0.15) is 10.4 Å². The number of pyridine rings is 1. The van der Waals surface area contributed by atoms with Crippen LogP contribution < -0.4 is 5.32 Å². The zero-order valence-corrected chi connectivity index (χ0v) is 8.94. The molecule has 0 bridgehead atoms. The summed E-state index contributed by atoms with van der Waals surface area (Å²) in [6.45, 7) is -0.762. The maximum absolute atomic E-state index is 13.3. The molecule has 0 saturated carbocycles. The smallest absolute Gasteiger partial charge is 0.258 e. The number of amides is 3. The SMILES string of the molecule is O=C1CN(C(=O)c2ccnc(F)c2F)CC(=O)N1. The van der Waals surface area contributed by atoms with Crippen LogP contribution in [0.15, 0.2) is 12.3 Å². The second-order valence-corrected chi connectivity index (χ2v) is 3.60. The monoisotopic (exact) mass is 255 g/mol. The first kappa shape index (κ1) is 12.1. The van der Waals surface area contributed by atoms with Gasteiger partial charge in [0.2, 0.25) is 17.8 Å². The summed E-state index contributed by atoms with van der Waals surface area (Å²) in [5, 5.41) is 1.99. The van der Waals surface area contributed by atoms with Crippen LogP contribution in [0.5, 0.6) is 0 Å². The number of hydrogen-bond acceptors (Lipinski definition) is 4. The van der Waals surface area contributed by atoms with E-state index >= 15 is 0 Å². The second kappa shape index (κ2) is 4.47. The summed E-state index contributed by atoms with van der Waals surface area (Å²) in [5.41, 5.74) is -0.565. The quantitative estimate of drug-likeness (QED) is 0.540. The number of imide groups is 1. The predicted octanol–water partition coefficient (Wildman–Crippen LogP) is -0.542. The number of halogens is 2. The minimum absolute atomic E-state index is 0.381. The summed E-state index contributed by atoms with van der Waals surface area (Å²) in [7, 11) is 0. The van der Waals surface area contributed by atoms with Gasteiger partial charge in [-0.2, -0.15) is 4.39 Å². The van der Waals surface area contributed by atoms with Crippen LogP contribution >= 0.6 is 0 Å². The fourth-order valence-corrected chi connectivity index (χ4v) is 1.53. The zero-order valence-electron chi connectivity index (χ0n) is 8.94. The Hall–Kier alpha value is -2.38. The molecule has 1 aromatic rings. The molecule has 94 valence electrons. The average Bonchev–Trinajstić information content (AvgIpc) is 2.30. The summed E-state index contributed by atoms with van der Waals surface area (Å²) in [4.78, 5) is 37.8. The number of nitrogens with one attached hydrogen (secondary N) is 1. The molecule has 3 amide bonds. The molecule has 1 saturated heterocycles. The minimum Gasteiger partial charge on any atom is -0.320 e. The molecule has 1 aliphatic heterocycles. The van der Waals surface area contributed by atoms with E-state index in [1.165, 1.54) is 0 Å². The summed E-state index contributed by atoms with van der Waals surface area (Å²) in [5.74, 6) is -5.09. The molecule has 0 spiro atoms.